The monoisotopic (exact) mass is 343 g/mol. The minimum Gasteiger partial charge on any atom is -0.369 e. The first-order valence-electron chi connectivity index (χ1n) is 8.28. The number of fused-ring (bicyclic) bond motifs is 1. The second-order valence-electron chi connectivity index (χ2n) is 6.27. The molecule has 0 aromatic carbocycles. The van der Waals surface area contributed by atoms with Gasteiger partial charge in [0, 0.05) is 31.9 Å². The number of hydrogen-bond acceptors (Lipinski definition) is 7. The molecule has 3 aromatic rings. The highest BCUT2D eigenvalue weighted by atomic mass is 16.5. The van der Waals surface area contributed by atoms with E-state index >= 15 is 0 Å². The van der Waals surface area contributed by atoms with Crippen LogP contribution in [0, 0.1) is 13.8 Å². The van der Waals surface area contributed by atoms with E-state index in [2.05, 4.69) is 25.9 Å². The molecule has 25 heavy (non-hydrogen) atoms. The van der Waals surface area contributed by atoms with Gasteiger partial charge in [-0.2, -0.15) is 5.10 Å². The van der Waals surface area contributed by atoms with Crippen molar-refractivity contribution >= 4 is 0 Å². The van der Waals surface area contributed by atoms with Gasteiger partial charge < -0.3 is 14.6 Å². The lowest BCUT2D eigenvalue weighted by Gasteiger charge is -2.24. The van der Waals surface area contributed by atoms with E-state index in [4.69, 9.17) is 9.26 Å². The molecule has 0 saturated carbocycles. The number of nitrogens with zero attached hydrogens (tertiary/aromatic N) is 6. The van der Waals surface area contributed by atoms with E-state index < -0.39 is 0 Å². The van der Waals surface area contributed by atoms with Crippen molar-refractivity contribution in [3.05, 3.63) is 35.0 Å². The SMILES string of the molecule is Cc1noc(C)c1CNC[C@@H]1Cn2nnc(-c3ccnn3C)c2CO1. The summed E-state index contributed by atoms with van der Waals surface area (Å²) in [7, 11) is 1.90. The summed E-state index contributed by atoms with van der Waals surface area (Å²) in [4.78, 5) is 0. The Balaban J connectivity index is 1.39. The lowest BCUT2D eigenvalue weighted by molar-refractivity contribution is 0.00121. The fraction of sp³-hybridized carbons (Fsp3) is 0.500. The summed E-state index contributed by atoms with van der Waals surface area (Å²) in [5, 5.41) is 20.2. The molecule has 0 amide bonds. The van der Waals surface area contributed by atoms with Gasteiger partial charge in [-0.3, -0.25) is 4.68 Å². The van der Waals surface area contributed by atoms with Crippen LogP contribution in [0.5, 0.6) is 0 Å². The Morgan fingerprint density at radius 1 is 1.36 bits per heavy atom. The Kier molecular flexibility index (Phi) is 4.10. The van der Waals surface area contributed by atoms with Crippen LogP contribution in [0.25, 0.3) is 11.4 Å². The zero-order valence-corrected chi connectivity index (χ0v) is 14.6. The van der Waals surface area contributed by atoms with Crippen LogP contribution in [0.4, 0.5) is 0 Å². The van der Waals surface area contributed by atoms with Crippen molar-refractivity contribution < 1.29 is 9.26 Å². The minimum absolute atomic E-state index is 0.0501. The zero-order chi connectivity index (χ0) is 17.4. The van der Waals surface area contributed by atoms with Crippen LogP contribution in [0.2, 0.25) is 0 Å². The predicted molar refractivity (Wildman–Crippen MR) is 88.5 cm³/mol. The quantitative estimate of drug-likeness (QED) is 0.737. The molecule has 0 aliphatic carbocycles. The van der Waals surface area contributed by atoms with Crippen molar-refractivity contribution in [3.63, 3.8) is 0 Å². The Morgan fingerprint density at radius 3 is 2.96 bits per heavy atom. The maximum absolute atomic E-state index is 5.99. The van der Waals surface area contributed by atoms with Crippen LogP contribution in [0.3, 0.4) is 0 Å². The van der Waals surface area contributed by atoms with Crippen molar-refractivity contribution in [1.29, 1.82) is 0 Å². The van der Waals surface area contributed by atoms with Crippen molar-refractivity contribution in [2.45, 2.75) is 39.6 Å². The number of ether oxygens (including phenoxy) is 1. The van der Waals surface area contributed by atoms with Gasteiger partial charge in [-0.15, -0.1) is 5.10 Å². The summed E-state index contributed by atoms with van der Waals surface area (Å²) in [6.07, 6.45) is 1.81. The Hall–Kier alpha value is -2.52. The lowest BCUT2D eigenvalue weighted by Crippen LogP contribution is -2.36. The molecule has 132 valence electrons. The number of aromatic nitrogens is 6. The smallest absolute Gasteiger partial charge is 0.138 e. The minimum atomic E-state index is 0.0501. The van der Waals surface area contributed by atoms with E-state index in [0.29, 0.717) is 19.7 Å². The summed E-state index contributed by atoms with van der Waals surface area (Å²) in [5.74, 6) is 0.856. The van der Waals surface area contributed by atoms with Gasteiger partial charge in [0.05, 0.1) is 36.3 Å². The van der Waals surface area contributed by atoms with Crippen LogP contribution >= 0.6 is 0 Å². The molecule has 0 radical (unpaired) electrons. The van der Waals surface area contributed by atoms with Crippen molar-refractivity contribution in [1.82, 2.24) is 35.2 Å². The van der Waals surface area contributed by atoms with Crippen molar-refractivity contribution in [3.8, 4) is 11.4 Å². The van der Waals surface area contributed by atoms with Gasteiger partial charge >= 0.3 is 0 Å². The first kappa shape index (κ1) is 16.0. The molecule has 0 fully saturated rings. The van der Waals surface area contributed by atoms with E-state index in [1.165, 1.54) is 0 Å². The largest absolute Gasteiger partial charge is 0.369 e. The third kappa shape index (κ3) is 2.96. The molecule has 0 unspecified atom stereocenters. The number of rotatable bonds is 5. The average Bonchev–Trinajstić information content (AvgIpc) is 3.28. The lowest BCUT2D eigenvalue weighted by atomic mass is 10.2. The fourth-order valence-corrected chi connectivity index (χ4v) is 3.11. The van der Waals surface area contributed by atoms with Gasteiger partial charge in [-0.1, -0.05) is 10.4 Å². The predicted octanol–water partition coefficient (Wildman–Crippen LogP) is 0.972. The van der Waals surface area contributed by atoms with Gasteiger partial charge in [0.25, 0.3) is 0 Å². The van der Waals surface area contributed by atoms with Crippen LogP contribution in [0.15, 0.2) is 16.8 Å². The molecule has 0 spiro atoms. The molecular weight excluding hydrogens is 322 g/mol. The molecule has 9 heteroatoms. The maximum Gasteiger partial charge on any atom is 0.138 e. The highest BCUT2D eigenvalue weighted by Gasteiger charge is 2.25. The fourth-order valence-electron chi connectivity index (χ4n) is 3.11. The van der Waals surface area contributed by atoms with Gasteiger partial charge in [0.2, 0.25) is 0 Å². The molecule has 9 nitrogen and oxygen atoms in total. The average molecular weight is 343 g/mol. The molecule has 3 aromatic heterocycles. The highest BCUT2D eigenvalue weighted by Crippen LogP contribution is 2.24. The molecule has 0 saturated heterocycles. The Bertz CT molecular complexity index is 860. The molecule has 1 aliphatic rings. The molecular formula is C16H21N7O2. The van der Waals surface area contributed by atoms with E-state index in [1.54, 1.807) is 10.9 Å². The van der Waals surface area contributed by atoms with Gasteiger partial charge in [-0.05, 0) is 19.9 Å². The normalized spacial score (nSPS) is 17.0. The molecule has 1 atom stereocenters. The van der Waals surface area contributed by atoms with Gasteiger partial charge in [0.15, 0.2) is 0 Å². The molecule has 0 bridgehead atoms. The van der Waals surface area contributed by atoms with Gasteiger partial charge in [-0.25, -0.2) is 4.68 Å². The summed E-state index contributed by atoms with van der Waals surface area (Å²) in [6, 6.07) is 1.93. The molecule has 1 N–H and O–H groups in total. The highest BCUT2D eigenvalue weighted by molar-refractivity contribution is 5.56. The summed E-state index contributed by atoms with van der Waals surface area (Å²) in [6.45, 7) is 6.48. The van der Waals surface area contributed by atoms with Crippen LogP contribution < -0.4 is 5.32 Å². The Labute approximate surface area is 144 Å². The topological polar surface area (TPSA) is 95.8 Å². The van der Waals surface area contributed by atoms with Crippen LogP contribution in [-0.4, -0.2) is 42.6 Å². The van der Waals surface area contributed by atoms with Crippen molar-refractivity contribution in [2.75, 3.05) is 6.54 Å². The van der Waals surface area contributed by atoms with Crippen molar-refractivity contribution in [2.24, 2.45) is 7.05 Å². The van der Waals surface area contributed by atoms with Gasteiger partial charge in [0.1, 0.15) is 11.5 Å². The maximum atomic E-state index is 5.99. The third-order valence-corrected chi connectivity index (χ3v) is 4.59. The van der Waals surface area contributed by atoms with Crippen LogP contribution in [-0.2, 0) is 31.5 Å². The third-order valence-electron chi connectivity index (χ3n) is 4.59. The summed E-state index contributed by atoms with van der Waals surface area (Å²) in [5.41, 5.74) is 4.80. The number of aryl methyl sites for hydroxylation is 3. The first-order chi connectivity index (χ1) is 12.1. The number of hydrogen-bond donors (Lipinski definition) is 1. The van der Waals surface area contributed by atoms with E-state index in [1.807, 2.05) is 31.6 Å². The number of nitrogens with one attached hydrogen (secondary N) is 1. The second-order valence-corrected chi connectivity index (χ2v) is 6.27. The molecule has 4 rings (SSSR count). The standard InChI is InChI=1S/C16H21N7O2/c1-10-13(11(2)25-20-10)7-17-6-12-8-23-15(9-24-12)16(19-21-23)14-4-5-18-22(14)3/h4-5,12,17H,6-9H2,1-3H3/t12-/m1/s1. The molecule has 1 aliphatic heterocycles. The summed E-state index contributed by atoms with van der Waals surface area (Å²) >= 11 is 0. The van der Waals surface area contributed by atoms with E-state index in [0.717, 1.165) is 40.6 Å². The Morgan fingerprint density at radius 2 is 2.24 bits per heavy atom. The second kappa shape index (κ2) is 6.41. The van der Waals surface area contributed by atoms with Crippen LogP contribution in [0.1, 0.15) is 22.7 Å². The van der Waals surface area contributed by atoms with E-state index in [-0.39, 0.29) is 6.10 Å². The molecule has 4 heterocycles. The summed E-state index contributed by atoms with van der Waals surface area (Å²) < 4.78 is 14.9. The first-order valence-corrected chi connectivity index (χ1v) is 8.28. The van der Waals surface area contributed by atoms with E-state index in [9.17, 15) is 0 Å². The zero-order valence-electron chi connectivity index (χ0n) is 14.6.